The molecular formula is C18H27N3O. The van der Waals surface area contributed by atoms with E-state index in [0.29, 0.717) is 12.5 Å². The van der Waals surface area contributed by atoms with Crippen LogP contribution in [-0.2, 0) is 4.79 Å². The zero-order valence-corrected chi connectivity index (χ0v) is 13.3. The lowest BCUT2D eigenvalue weighted by Gasteiger charge is -2.32. The monoisotopic (exact) mass is 301 g/mol. The molecule has 2 N–H and O–H groups in total. The van der Waals surface area contributed by atoms with Gasteiger partial charge in [0, 0.05) is 31.6 Å². The Morgan fingerprint density at radius 1 is 1.14 bits per heavy atom. The highest BCUT2D eigenvalue weighted by Gasteiger charge is 2.31. The number of likely N-dealkylation sites (tertiary alicyclic amines) is 2. The molecule has 3 rings (SSSR count). The van der Waals surface area contributed by atoms with E-state index in [0.717, 1.165) is 25.1 Å². The fourth-order valence-electron chi connectivity index (χ4n) is 3.69. The molecule has 4 heteroatoms. The predicted octanol–water partition coefficient (Wildman–Crippen LogP) is 2.16. The fourth-order valence-corrected chi connectivity index (χ4v) is 3.69. The van der Waals surface area contributed by atoms with E-state index in [-0.39, 0.29) is 11.9 Å². The van der Waals surface area contributed by atoms with E-state index in [1.165, 1.54) is 32.4 Å². The fraction of sp³-hybridized carbons (Fsp3) is 0.611. The maximum atomic E-state index is 12.5. The third-order valence-electron chi connectivity index (χ3n) is 5.05. The maximum Gasteiger partial charge on any atom is 0.224 e. The van der Waals surface area contributed by atoms with Crippen LogP contribution in [0, 0.1) is 0 Å². The van der Waals surface area contributed by atoms with Crippen molar-refractivity contribution in [3.8, 4) is 0 Å². The van der Waals surface area contributed by atoms with Gasteiger partial charge in [-0.05, 0) is 37.9 Å². The van der Waals surface area contributed by atoms with Crippen LogP contribution in [0.2, 0.25) is 0 Å². The number of rotatable bonds is 4. The number of nitrogens with two attached hydrogens (primary N) is 1. The number of benzene rings is 1. The van der Waals surface area contributed by atoms with Crippen molar-refractivity contribution < 1.29 is 4.79 Å². The minimum absolute atomic E-state index is 0.192. The summed E-state index contributed by atoms with van der Waals surface area (Å²) in [6.07, 6.45) is 5.51. The van der Waals surface area contributed by atoms with Gasteiger partial charge in [0.2, 0.25) is 5.91 Å². The van der Waals surface area contributed by atoms with Gasteiger partial charge in [0.05, 0.1) is 0 Å². The number of amides is 1. The number of carbonyl (C=O) groups excluding carboxylic acids is 1. The first-order valence-corrected chi connectivity index (χ1v) is 8.56. The first-order chi connectivity index (χ1) is 10.7. The van der Waals surface area contributed by atoms with E-state index in [2.05, 4.69) is 4.90 Å². The topological polar surface area (TPSA) is 49.6 Å². The first-order valence-electron chi connectivity index (χ1n) is 8.56. The average molecular weight is 301 g/mol. The van der Waals surface area contributed by atoms with Crippen LogP contribution in [0.3, 0.4) is 0 Å². The van der Waals surface area contributed by atoms with Crippen LogP contribution in [0.15, 0.2) is 30.3 Å². The van der Waals surface area contributed by atoms with Crippen LogP contribution in [-0.4, -0.2) is 47.9 Å². The molecule has 1 aromatic carbocycles. The van der Waals surface area contributed by atoms with Crippen molar-refractivity contribution in [1.82, 2.24) is 9.80 Å². The van der Waals surface area contributed by atoms with Gasteiger partial charge in [-0.25, -0.2) is 0 Å². The smallest absolute Gasteiger partial charge is 0.224 e. The van der Waals surface area contributed by atoms with Gasteiger partial charge in [0.25, 0.3) is 0 Å². The second-order valence-corrected chi connectivity index (χ2v) is 6.60. The summed E-state index contributed by atoms with van der Waals surface area (Å²) in [6, 6.07) is 10.3. The maximum absolute atomic E-state index is 12.5. The van der Waals surface area contributed by atoms with E-state index >= 15 is 0 Å². The third kappa shape index (κ3) is 3.68. The van der Waals surface area contributed by atoms with Gasteiger partial charge in [0.15, 0.2) is 0 Å². The highest BCUT2D eigenvalue weighted by molar-refractivity contribution is 5.77. The Labute approximate surface area is 133 Å². The van der Waals surface area contributed by atoms with E-state index in [1.807, 2.05) is 35.2 Å². The molecule has 22 heavy (non-hydrogen) atoms. The molecule has 1 aromatic rings. The molecule has 2 atom stereocenters. The average Bonchev–Trinajstić information content (AvgIpc) is 3.06. The number of piperidine rings is 1. The molecule has 2 fully saturated rings. The summed E-state index contributed by atoms with van der Waals surface area (Å²) < 4.78 is 0. The van der Waals surface area contributed by atoms with Crippen LogP contribution in [0.4, 0.5) is 0 Å². The quantitative estimate of drug-likeness (QED) is 0.927. The van der Waals surface area contributed by atoms with Crippen LogP contribution in [0.25, 0.3) is 0 Å². The summed E-state index contributed by atoms with van der Waals surface area (Å²) >= 11 is 0. The molecular weight excluding hydrogens is 274 g/mol. The Morgan fingerprint density at radius 3 is 2.59 bits per heavy atom. The number of hydrogen-bond donors (Lipinski definition) is 1. The molecule has 0 spiro atoms. The van der Waals surface area contributed by atoms with Crippen LogP contribution in [0.5, 0.6) is 0 Å². The molecule has 2 aliphatic rings. The van der Waals surface area contributed by atoms with Crippen molar-refractivity contribution in [2.75, 3.05) is 26.2 Å². The van der Waals surface area contributed by atoms with Gasteiger partial charge in [0.1, 0.15) is 0 Å². The molecule has 0 aliphatic carbocycles. The first kappa shape index (κ1) is 15.5. The molecule has 120 valence electrons. The van der Waals surface area contributed by atoms with Gasteiger partial charge >= 0.3 is 0 Å². The van der Waals surface area contributed by atoms with Gasteiger partial charge in [-0.15, -0.1) is 0 Å². The van der Waals surface area contributed by atoms with E-state index in [4.69, 9.17) is 5.73 Å². The lowest BCUT2D eigenvalue weighted by atomic mass is 10.0. The minimum atomic E-state index is -0.192. The second-order valence-electron chi connectivity index (χ2n) is 6.60. The predicted molar refractivity (Wildman–Crippen MR) is 88.4 cm³/mol. The molecule has 2 unspecified atom stereocenters. The summed E-state index contributed by atoms with van der Waals surface area (Å²) in [5, 5.41) is 0. The molecule has 2 heterocycles. The van der Waals surface area contributed by atoms with Crippen LogP contribution in [0.1, 0.15) is 43.7 Å². The van der Waals surface area contributed by atoms with Crippen molar-refractivity contribution >= 4 is 5.91 Å². The lowest BCUT2D eigenvalue weighted by molar-refractivity contribution is -0.130. The standard InChI is InChI=1S/C18H27N3O/c19-17(15-7-3-1-4-8-15)13-18(22)21-12-9-16(14-21)20-10-5-2-6-11-20/h1,3-4,7-8,16-17H,2,5-6,9-14,19H2. The van der Waals surface area contributed by atoms with E-state index in [1.54, 1.807) is 0 Å². The molecule has 2 aliphatic heterocycles. The zero-order chi connectivity index (χ0) is 15.4. The normalized spacial score (nSPS) is 24.4. The Kier molecular flexibility index (Phi) is 5.11. The van der Waals surface area contributed by atoms with Crippen molar-refractivity contribution in [1.29, 1.82) is 0 Å². The van der Waals surface area contributed by atoms with Crippen molar-refractivity contribution in [2.24, 2.45) is 5.73 Å². The van der Waals surface area contributed by atoms with E-state index in [9.17, 15) is 4.79 Å². The van der Waals surface area contributed by atoms with E-state index < -0.39 is 0 Å². The summed E-state index contributed by atoms with van der Waals surface area (Å²) in [5.41, 5.74) is 7.23. The molecule has 0 bridgehead atoms. The summed E-state index contributed by atoms with van der Waals surface area (Å²) in [5.74, 6) is 0.205. The highest BCUT2D eigenvalue weighted by atomic mass is 16.2. The van der Waals surface area contributed by atoms with Gasteiger partial charge < -0.3 is 10.6 Å². The Bertz CT molecular complexity index is 484. The molecule has 2 saturated heterocycles. The summed E-state index contributed by atoms with van der Waals surface area (Å²) in [7, 11) is 0. The van der Waals surface area contributed by atoms with Crippen molar-refractivity contribution in [3.05, 3.63) is 35.9 Å². The SMILES string of the molecule is NC(CC(=O)N1CCC(N2CCCCC2)C1)c1ccccc1. The van der Waals surface area contributed by atoms with Crippen molar-refractivity contribution in [2.45, 2.75) is 44.2 Å². The molecule has 0 aromatic heterocycles. The number of hydrogen-bond acceptors (Lipinski definition) is 3. The van der Waals surface area contributed by atoms with Gasteiger partial charge in [-0.1, -0.05) is 36.8 Å². The highest BCUT2D eigenvalue weighted by Crippen LogP contribution is 2.22. The van der Waals surface area contributed by atoms with Crippen molar-refractivity contribution in [3.63, 3.8) is 0 Å². The van der Waals surface area contributed by atoms with Crippen LogP contribution >= 0.6 is 0 Å². The molecule has 0 saturated carbocycles. The Morgan fingerprint density at radius 2 is 1.86 bits per heavy atom. The summed E-state index contributed by atoms with van der Waals surface area (Å²) in [4.78, 5) is 17.1. The molecule has 0 radical (unpaired) electrons. The van der Waals surface area contributed by atoms with Gasteiger partial charge in [-0.3, -0.25) is 9.69 Å². The molecule has 4 nitrogen and oxygen atoms in total. The van der Waals surface area contributed by atoms with Gasteiger partial charge in [-0.2, -0.15) is 0 Å². The lowest BCUT2D eigenvalue weighted by Crippen LogP contribution is -2.41. The largest absolute Gasteiger partial charge is 0.341 e. The second kappa shape index (κ2) is 7.25. The minimum Gasteiger partial charge on any atom is -0.341 e. The summed E-state index contributed by atoms with van der Waals surface area (Å²) in [6.45, 7) is 4.19. The molecule has 1 amide bonds. The number of carbonyl (C=O) groups is 1. The Balaban J connectivity index is 1.51. The third-order valence-corrected chi connectivity index (χ3v) is 5.05. The Hall–Kier alpha value is -1.39. The zero-order valence-electron chi connectivity index (χ0n) is 13.3. The van der Waals surface area contributed by atoms with Crippen LogP contribution < -0.4 is 5.73 Å². The number of nitrogens with zero attached hydrogens (tertiary/aromatic N) is 2.